The van der Waals surface area contributed by atoms with Crippen molar-refractivity contribution >= 4 is 43.7 Å². The number of benzene rings is 7. The molecule has 6 heteroatoms. The Kier molecular flexibility index (Phi) is 7.38. The normalized spacial score (nSPS) is 11.6. The van der Waals surface area contributed by atoms with Gasteiger partial charge in [-0.15, -0.1) is 0 Å². The maximum absolute atomic E-state index is 5.13. The van der Waals surface area contributed by atoms with Crippen LogP contribution in [-0.4, -0.2) is 29.1 Å². The van der Waals surface area contributed by atoms with Crippen LogP contribution in [0.2, 0.25) is 0 Å². The molecule has 0 unspecified atom stereocenters. The van der Waals surface area contributed by atoms with Gasteiger partial charge in [-0.1, -0.05) is 140 Å². The lowest BCUT2D eigenvalue weighted by Crippen LogP contribution is -2.00. The zero-order valence-corrected chi connectivity index (χ0v) is 30.2. The van der Waals surface area contributed by atoms with Crippen molar-refractivity contribution in [3.63, 3.8) is 0 Å². The van der Waals surface area contributed by atoms with Crippen molar-refractivity contribution in [2.24, 2.45) is 0 Å². The first-order valence-corrected chi connectivity index (χ1v) is 18.7. The van der Waals surface area contributed by atoms with Crippen LogP contribution >= 0.6 is 0 Å². The van der Waals surface area contributed by atoms with Gasteiger partial charge in [-0.2, -0.15) is 0 Å². The van der Waals surface area contributed by atoms with E-state index in [4.69, 9.17) is 19.9 Å². The highest BCUT2D eigenvalue weighted by atomic mass is 15.1. The molecule has 0 saturated carbocycles. The van der Waals surface area contributed by atoms with Crippen LogP contribution in [0.25, 0.3) is 100 Å². The SMILES string of the molecule is c1ccc(-c2ccc(-c3nc(-c4ccccc4)nc(-c4ccc5c6ccc(-n7c8ccccc8c8cccnc87)cc6n(-c6ccccc6)c5c4)n3)cc2)cc1. The Bertz CT molecular complexity index is 3170. The van der Waals surface area contributed by atoms with Crippen molar-refractivity contribution in [2.45, 2.75) is 0 Å². The number of hydrogen-bond acceptors (Lipinski definition) is 4. The summed E-state index contributed by atoms with van der Waals surface area (Å²) in [5.41, 5.74) is 11.4. The summed E-state index contributed by atoms with van der Waals surface area (Å²) in [5, 5.41) is 4.62. The smallest absolute Gasteiger partial charge is 0.164 e. The Morgan fingerprint density at radius 1 is 0.304 bits per heavy atom. The van der Waals surface area contributed by atoms with Crippen molar-refractivity contribution < 1.29 is 0 Å². The van der Waals surface area contributed by atoms with Crippen LogP contribution in [0, 0.1) is 0 Å². The van der Waals surface area contributed by atoms with Gasteiger partial charge in [-0.25, -0.2) is 19.9 Å². The second-order valence-corrected chi connectivity index (χ2v) is 13.9. The number of pyridine rings is 1. The predicted molar refractivity (Wildman–Crippen MR) is 228 cm³/mol. The first kappa shape index (κ1) is 31.8. The van der Waals surface area contributed by atoms with E-state index in [0.29, 0.717) is 17.5 Å². The standard InChI is InChI=1S/C50H32N6/c1-4-13-33(14-5-1)34-22-24-36(25-23-34)48-52-47(35-15-6-2-7-16-35)53-49(54-48)37-26-28-41-42-29-27-39(32-46(42)55(45(41)31-37)38-17-8-3-9-18-38)56-44-21-11-10-19-40(44)43-20-12-30-51-50(43)56/h1-32H. The molecule has 0 aliphatic carbocycles. The minimum Gasteiger partial charge on any atom is -0.309 e. The topological polar surface area (TPSA) is 61.4 Å². The van der Waals surface area contributed by atoms with Gasteiger partial charge < -0.3 is 4.57 Å². The van der Waals surface area contributed by atoms with Gasteiger partial charge in [-0.3, -0.25) is 4.57 Å². The monoisotopic (exact) mass is 716 g/mol. The molecule has 0 aliphatic rings. The second-order valence-electron chi connectivity index (χ2n) is 13.9. The Labute approximate surface area is 322 Å². The molecule has 262 valence electrons. The molecule has 4 aromatic heterocycles. The molecular formula is C50H32N6. The molecule has 0 N–H and O–H groups in total. The highest BCUT2D eigenvalue weighted by Crippen LogP contribution is 2.38. The number of para-hydroxylation sites is 2. The molecule has 0 bridgehead atoms. The van der Waals surface area contributed by atoms with E-state index < -0.39 is 0 Å². The number of aromatic nitrogens is 6. The van der Waals surface area contributed by atoms with E-state index in [-0.39, 0.29) is 0 Å². The van der Waals surface area contributed by atoms with E-state index in [0.717, 1.165) is 72.0 Å². The van der Waals surface area contributed by atoms with Crippen molar-refractivity contribution in [1.82, 2.24) is 29.1 Å². The summed E-state index contributed by atoms with van der Waals surface area (Å²) < 4.78 is 4.62. The maximum Gasteiger partial charge on any atom is 0.164 e. The average molecular weight is 717 g/mol. The van der Waals surface area contributed by atoms with Gasteiger partial charge in [-0.05, 0) is 59.7 Å². The van der Waals surface area contributed by atoms with E-state index in [1.54, 1.807) is 0 Å². The zero-order valence-electron chi connectivity index (χ0n) is 30.2. The van der Waals surface area contributed by atoms with Gasteiger partial charge in [0.15, 0.2) is 17.5 Å². The van der Waals surface area contributed by atoms with Crippen LogP contribution < -0.4 is 0 Å². The minimum atomic E-state index is 0.616. The van der Waals surface area contributed by atoms with Gasteiger partial charge in [0.2, 0.25) is 0 Å². The van der Waals surface area contributed by atoms with Gasteiger partial charge in [0.05, 0.1) is 16.6 Å². The minimum absolute atomic E-state index is 0.616. The highest BCUT2D eigenvalue weighted by Gasteiger charge is 2.19. The maximum atomic E-state index is 5.13. The number of hydrogen-bond donors (Lipinski definition) is 0. The first-order valence-electron chi connectivity index (χ1n) is 18.7. The molecule has 0 spiro atoms. The summed E-state index contributed by atoms with van der Waals surface area (Å²) in [7, 11) is 0. The second kappa shape index (κ2) is 13.0. The molecule has 4 heterocycles. The Balaban J connectivity index is 1.11. The number of fused-ring (bicyclic) bond motifs is 6. The van der Waals surface area contributed by atoms with Crippen LogP contribution in [-0.2, 0) is 0 Å². The fourth-order valence-electron chi connectivity index (χ4n) is 7.99. The molecule has 6 nitrogen and oxygen atoms in total. The van der Waals surface area contributed by atoms with Crippen molar-refractivity contribution in [3.8, 4) is 56.7 Å². The molecule has 56 heavy (non-hydrogen) atoms. The summed E-state index contributed by atoms with van der Waals surface area (Å²) in [6, 6.07) is 65.5. The molecule has 0 amide bonds. The van der Waals surface area contributed by atoms with Crippen LogP contribution in [0.1, 0.15) is 0 Å². The van der Waals surface area contributed by atoms with Gasteiger partial charge in [0.1, 0.15) is 5.65 Å². The van der Waals surface area contributed by atoms with Gasteiger partial charge in [0, 0.05) is 55.8 Å². The third kappa shape index (κ3) is 5.27. The lowest BCUT2D eigenvalue weighted by molar-refractivity contribution is 1.07. The van der Waals surface area contributed by atoms with Crippen LogP contribution in [0.15, 0.2) is 194 Å². The average Bonchev–Trinajstić information content (AvgIpc) is 3.79. The molecule has 0 aliphatic heterocycles. The molecule has 11 aromatic rings. The third-order valence-corrected chi connectivity index (χ3v) is 10.6. The zero-order chi connectivity index (χ0) is 37.0. The molecule has 11 rings (SSSR count). The third-order valence-electron chi connectivity index (χ3n) is 10.6. The molecule has 0 radical (unpaired) electrons. The van der Waals surface area contributed by atoms with E-state index >= 15 is 0 Å². The summed E-state index contributed by atoms with van der Waals surface area (Å²) in [4.78, 5) is 20.1. The largest absolute Gasteiger partial charge is 0.309 e. The van der Waals surface area contributed by atoms with Crippen molar-refractivity contribution in [2.75, 3.05) is 0 Å². The molecule has 0 fully saturated rings. The predicted octanol–water partition coefficient (Wildman–Crippen LogP) is 12.1. The van der Waals surface area contributed by atoms with Crippen LogP contribution in [0.3, 0.4) is 0 Å². The van der Waals surface area contributed by atoms with Crippen LogP contribution in [0.4, 0.5) is 0 Å². The first-order chi connectivity index (χ1) is 27.8. The molecule has 7 aromatic carbocycles. The quantitative estimate of drug-likeness (QED) is 0.172. The summed E-state index contributed by atoms with van der Waals surface area (Å²) >= 11 is 0. The fourth-order valence-corrected chi connectivity index (χ4v) is 7.99. The van der Waals surface area contributed by atoms with E-state index in [1.807, 2.05) is 48.7 Å². The summed E-state index contributed by atoms with van der Waals surface area (Å²) in [6.07, 6.45) is 1.87. The fraction of sp³-hybridized carbons (Fsp3) is 0. The van der Waals surface area contributed by atoms with E-state index in [1.165, 1.54) is 10.9 Å². The Morgan fingerprint density at radius 2 is 0.804 bits per heavy atom. The summed E-state index contributed by atoms with van der Waals surface area (Å²) in [6.45, 7) is 0. The molecule has 0 atom stereocenters. The van der Waals surface area contributed by atoms with Crippen molar-refractivity contribution in [1.29, 1.82) is 0 Å². The van der Waals surface area contributed by atoms with Crippen molar-refractivity contribution in [3.05, 3.63) is 194 Å². The summed E-state index contributed by atoms with van der Waals surface area (Å²) in [5.74, 6) is 1.87. The van der Waals surface area contributed by atoms with Gasteiger partial charge in [0.25, 0.3) is 0 Å². The van der Waals surface area contributed by atoms with E-state index in [2.05, 4.69) is 155 Å². The number of nitrogens with zero attached hydrogens (tertiary/aromatic N) is 6. The Morgan fingerprint density at radius 3 is 1.54 bits per heavy atom. The number of rotatable bonds is 6. The molecular weight excluding hydrogens is 685 g/mol. The lowest BCUT2D eigenvalue weighted by atomic mass is 10.0. The van der Waals surface area contributed by atoms with E-state index in [9.17, 15) is 0 Å². The van der Waals surface area contributed by atoms with Gasteiger partial charge >= 0.3 is 0 Å². The van der Waals surface area contributed by atoms with Crippen LogP contribution in [0.5, 0.6) is 0 Å². The lowest BCUT2D eigenvalue weighted by Gasteiger charge is -2.11. The Hall–Kier alpha value is -7.70. The molecule has 0 saturated heterocycles. The highest BCUT2D eigenvalue weighted by molar-refractivity contribution is 6.12.